The second kappa shape index (κ2) is 7.91. The van der Waals surface area contributed by atoms with Gasteiger partial charge in [0.2, 0.25) is 0 Å². The molecule has 2 rings (SSSR count). The van der Waals surface area contributed by atoms with Crippen LogP contribution in [0.4, 0.5) is 4.79 Å². The van der Waals surface area contributed by atoms with Crippen molar-refractivity contribution in [1.29, 1.82) is 0 Å². The number of halogens is 1. The van der Waals surface area contributed by atoms with Gasteiger partial charge in [-0.3, -0.25) is 0 Å². The number of carbonyl (C=O) groups excluding carboxylic acids is 1. The highest BCUT2D eigenvalue weighted by atomic mass is 35.5. The van der Waals surface area contributed by atoms with Crippen molar-refractivity contribution in [1.82, 2.24) is 4.90 Å². The first-order chi connectivity index (χ1) is 10.9. The highest BCUT2D eigenvalue weighted by Gasteiger charge is 2.24. The van der Waals surface area contributed by atoms with Crippen LogP contribution in [-0.2, 0) is 17.6 Å². The average Bonchev–Trinajstić information content (AvgIpc) is 2.68. The molecule has 0 atom stereocenters. The van der Waals surface area contributed by atoms with Gasteiger partial charge in [-0.25, -0.2) is 4.79 Å². The molecular weight excluding hydrogens is 314 g/mol. The first-order valence-corrected chi connectivity index (χ1v) is 8.71. The van der Waals surface area contributed by atoms with Gasteiger partial charge in [-0.2, -0.15) is 0 Å². The smallest absolute Gasteiger partial charge is 0.410 e. The van der Waals surface area contributed by atoms with Gasteiger partial charge in [-0.05, 0) is 63.3 Å². The standard InChI is InChI=1S/C18H26ClNO3/c1-18(2,3)23-17(21)20-10-7-14-5-6-16(22-12-4-9-19)13-15(14)8-11-20/h5-6,13H,4,7-12H2,1-3H3. The Kier molecular flexibility index (Phi) is 6.17. The molecule has 0 saturated heterocycles. The maximum Gasteiger partial charge on any atom is 0.410 e. The minimum Gasteiger partial charge on any atom is -0.494 e. The highest BCUT2D eigenvalue weighted by Crippen LogP contribution is 2.23. The lowest BCUT2D eigenvalue weighted by atomic mass is 10.0. The Morgan fingerprint density at radius 3 is 2.57 bits per heavy atom. The summed E-state index contributed by atoms with van der Waals surface area (Å²) in [5.74, 6) is 1.48. The molecule has 1 aliphatic rings. The fraction of sp³-hybridized carbons (Fsp3) is 0.611. The Balaban J connectivity index is 1.98. The van der Waals surface area contributed by atoms with E-state index in [0.29, 0.717) is 25.6 Å². The zero-order valence-corrected chi connectivity index (χ0v) is 15.0. The van der Waals surface area contributed by atoms with Crippen molar-refractivity contribution in [3.63, 3.8) is 0 Å². The zero-order valence-electron chi connectivity index (χ0n) is 14.2. The second-order valence-corrected chi connectivity index (χ2v) is 7.17. The number of fused-ring (bicyclic) bond motifs is 1. The lowest BCUT2D eigenvalue weighted by molar-refractivity contribution is 0.0258. The predicted molar refractivity (Wildman–Crippen MR) is 92.5 cm³/mol. The first-order valence-electron chi connectivity index (χ1n) is 8.17. The predicted octanol–water partition coefficient (Wildman–Crippen LogP) is 4.03. The van der Waals surface area contributed by atoms with E-state index in [1.807, 2.05) is 26.8 Å². The molecule has 1 aromatic carbocycles. The number of alkyl halides is 1. The number of hydrogen-bond donors (Lipinski definition) is 0. The molecule has 0 N–H and O–H groups in total. The van der Waals surface area contributed by atoms with E-state index in [9.17, 15) is 4.79 Å². The van der Waals surface area contributed by atoms with Gasteiger partial charge in [0.1, 0.15) is 11.4 Å². The van der Waals surface area contributed by atoms with Crippen molar-refractivity contribution < 1.29 is 14.3 Å². The normalized spacial score (nSPS) is 14.9. The van der Waals surface area contributed by atoms with Gasteiger partial charge in [-0.15, -0.1) is 11.6 Å². The van der Waals surface area contributed by atoms with E-state index in [-0.39, 0.29) is 6.09 Å². The monoisotopic (exact) mass is 339 g/mol. The van der Waals surface area contributed by atoms with Gasteiger partial charge in [0, 0.05) is 19.0 Å². The molecule has 4 nitrogen and oxygen atoms in total. The Bertz CT molecular complexity index is 540. The molecule has 0 fully saturated rings. The van der Waals surface area contributed by atoms with Crippen molar-refractivity contribution >= 4 is 17.7 Å². The molecule has 128 valence electrons. The molecule has 0 saturated carbocycles. The summed E-state index contributed by atoms with van der Waals surface area (Å²) in [7, 11) is 0. The number of carbonyl (C=O) groups is 1. The second-order valence-electron chi connectivity index (χ2n) is 6.79. The van der Waals surface area contributed by atoms with E-state index < -0.39 is 5.60 Å². The van der Waals surface area contributed by atoms with E-state index in [0.717, 1.165) is 25.0 Å². The van der Waals surface area contributed by atoms with Crippen LogP contribution in [0.5, 0.6) is 5.75 Å². The lowest BCUT2D eigenvalue weighted by Crippen LogP contribution is -2.38. The summed E-state index contributed by atoms with van der Waals surface area (Å²) in [5, 5.41) is 0. The summed E-state index contributed by atoms with van der Waals surface area (Å²) in [5.41, 5.74) is 2.07. The van der Waals surface area contributed by atoms with Gasteiger partial charge in [0.15, 0.2) is 0 Å². The third kappa shape index (κ3) is 5.61. The molecule has 0 aromatic heterocycles. The number of benzene rings is 1. The van der Waals surface area contributed by atoms with Crippen LogP contribution in [-0.4, -0.2) is 42.2 Å². The van der Waals surface area contributed by atoms with Gasteiger partial charge >= 0.3 is 6.09 Å². The lowest BCUT2D eigenvalue weighted by Gasteiger charge is -2.26. The molecule has 5 heteroatoms. The fourth-order valence-electron chi connectivity index (χ4n) is 2.54. The van der Waals surface area contributed by atoms with Crippen LogP contribution in [0.1, 0.15) is 38.3 Å². The van der Waals surface area contributed by atoms with Crippen LogP contribution in [0.3, 0.4) is 0 Å². The number of nitrogens with zero attached hydrogens (tertiary/aromatic N) is 1. The molecule has 1 heterocycles. The Morgan fingerprint density at radius 2 is 1.91 bits per heavy atom. The molecule has 0 spiro atoms. The van der Waals surface area contributed by atoms with Crippen molar-refractivity contribution in [2.75, 3.05) is 25.6 Å². The zero-order chi connectivity index (χ0) is 16.9. The van der Waals surface area contributed by atoms with Crippen LogP contribution in [0.15, 0.2) is 18.2 Å². The summed E-state index contributed by atoms with van der Waals surface area (Å²) in [4.78, 5) is 14.0. The minimum absolute atomic E-state index is 0.233. The first kappa shape index (κ1) is 17.9. The van der Waals surface area contributed by atoms with Gasteiger partial charge < -0.3 is 14.4 Å². The number of rotatable bonds is 4. The largest absolute Gasteiger partial charge is 0.494 e. The summed E-state index contributed by atoms with van der Waals surface area (Å²) in [6.07, 6.45) is 2.27. The van der Waals surface area contributed by atoms with Crippen molar-refractivity contribution in [3.05, 3.63) is 29.3 Å². The molecule has 1 aliphatic heterocycles. The van der Waals surface area contributed by atoms with E-state index in [1.54, 1.807) is 4.90 Å². The highest BCUT2D eigenvalue weighted by molar-refractivity contribution is 6.17. The third-order valence-corrected chi connectivity index (χ3v) is 3.95. The topological polar surface area (TPSA) is 38.8 Å². The quantitative estimate of drug-likeness (QED) is 0.614. The Labute approximate surface area is 143 Å². The van der Waals surface area contributed by atoms with Gasteiger partial charge in [0.05, 0.1) is 6.61 Å². The average molecular weight is 340 g/mol. The van der Waals surface area contributed by atoms with Crippen LogP contribution >= 0.6 is 11.6 Å². The maximum absolute atomic E-state index is 12.2. The van der Waals surface area contributed by atoms with Crippen LogP contribution < -0.4 is 4.74 Å². The minimum atomic E-state index is -0.459. The fourth-order valence-corrected chi connectivity index (χ4v) is 2.65. The van der Waals surface area contributed by atoms with Crippen molar-refractivity contribution in [2.45, 2.75) is 45.6 Å². The van der Waals surface area contributed by atoms with E-state index in [1.165, 1.54) is 11.1 Å². The number of hydrogen-bond acceptors (Lipinski definition) is 3. The summed E-state index contributed by atoms with van der Waals surface area (Å²) in [6, 6.07) is 6.18. The number of amides is 1. The molecule has 1 aromatic rings. The Morgan fingerprint density at radius 1 is 1.22 bits per heavy atom. The summed E-state index contributed by atoms with van der Waals surface area (Å²) in [6.45, 7) is 7.67. The molecule has 0 radical (unpaired) electrons. The number of ether oxygens (including phenoxy) is 2. The van der Waals surface area contributed by atoms with E-state index in [2.05, 4.69) is 12.1 Å². The summed E-state index contributed by atoms with van der Waals surface area (Å²) < 4.78 is 11.2. The van der Waals surface area contributed by atoms with Crippen LogP contribution in [0.25, 0.3) is 0 Å². The van der Waals surface area contributed by atoms with Gasteiger partial charge in [0.25, 0.3) is 0 Å². The van der Waals surface area contributed by atoms with Crippen molar-refractivity contribution in [3.8, 4) is 5.75 Å². The van der Waals surface area contributed by atoms with Gasteiger partial charge in [-0.1, -0.05) is 6.07 Å². The third-order valence-electron chi connectivity index (χ3n) is 3.68. The molecule has 1 amide bonds. The molecular formula is C18H26ClNO3. The molecule has 0 aliphatic carbocycles. The Hall–Kier alpha value is -1.42. The van der Waals surface area contributed by atoms with E-state index in [4.69, 9.17) is 21.1 Å². The maximum atomic E-state index is 12.2. The van der Waals surface area contributed by atoms with Crippen molar-refractivity contribution in [2.24, 2.45) is 0 Å². The SMILES string of the molecule is CC(C)(C)OC(=O)N1CCc2ccc(OCCCCl)cc2CC1. The molecule has 23 heavy (non-hydrogen) atoms. The van der Waals surface area contributed by atoms with Crippen LogP contribution in [0, 0.1) is 0 Å². The molecule has 0 bridgehead atoms. The molecule has 0 unspecified atom stereocenters. The van der Waals surface area contributed by atoms with E-state index >= 15 is 0 Å². The van der Waals surface area contributed by atoms with Crippen LogP contribution in [0.2, 0.25) is 0 Å². The summed E-state index contributed by atoms with van der Waals surface area (Å²) >= 11 is 5.67.